The summed E-state index contributed by atoms with van der Waals surface area (Å²) in [6, 6.07) is 7.15. The van der Waals surface area contributed by atoms with Crippen molar-refractivity contribution in [1.82, 2.24) is 18.9 Å². The maximum absolute atomic E-state index is 12.8. The van der Waals surface area contributed by atoms with Crippen molar-refractivity contribution in [1.29, 1.82) is 5.26 Å². The van der Waals surface area contributed by atoms with Crippen molar-refractivity contribution in [3.05, 3.63) is 61.9 Å². The quantitative estimate of drug-likeness (QED) is 0.470. The lowest BCUT2D eigenvalue weighted by atomic mass is 10.1. The molecule has 10 nitrogen and oxygen atoms in total. The summed E-state index contributed by atoms with van der Waals surface area (Å²) in [7, 11) is 5.83. The Morgan fingerprint density at radius 3 is 2.64 bits per heavy atom. The summed E-state index contributed by atoms with van der Waals surface area (Å²) in [6.07, 6.45) is 1.19. The van der Waals surface area contributed by atoms with Gasteiger partial charge in [0.05, 0.1) is 21.1 Å². The molecule has 1 saturated heterocycles. The van der Waals surface area contributed by atoms with Gasteiger partial charge in [-0.25, -0.2) is 4.79 Å². The van der Waals surface area contributed by atoms with Gasteiger partial charge in [-0.05, 0) is 31.9 Å². The van der Waals surface area contributed by atoms with E-state index in [-0.39, 0.29) is 19.0 Å². The monoisotopic (exact) mass is 456 g/mol. The molecule has 1 aliphatic heterocycles. The van der Waals surface area contributed by atoms with Crippen LogP contribution in [0.25, 0.3) is 0 Å². The SMILES string of the molecule is Cc1cn(C2CC[C@@H](O)O2)c(=O)n(CCCNC(=O)c2ccc([N+](C)(C)C)c(C#N)c2)c1=O. The summed E-state index contributed by atoms with van der Waals surface area (Å²) < 4.78 is 8.27. The molecule has 0 aliphatic carbocycles. The predicted octanol–water partition coefficient (Wildman–Crippen LogP) is 0.834. The second kappa shape index (κ2) is 9.70. The van der Waals surface area contributed by atoms with Gasteiger partial charge in [0.1, 0.15) is 23.5 Å². The Morgan fingerprint density at radius 2 is 2.03 bits per heavy atom. The van der Waals surface area contributed by atoms with Gasteiger partial charge in [0.25, 0.3) is 11.5 Å². The molecule has 176 valence electrons. The largest absolute Gasteiger partial charge is 0.368 e. The molecule has 2 N–H and O–H groups in total. The number of carbonyl (C=O) groups excluding carboxylic acids is 1. The molecule has 1 aliphatic rings. The number of benzene rings is 1. The minimum Gasteiger partial charge on any atom is -0.368 e. The highest BCUT2D eigenvalue weighted by molar-refractivity contribution is 5.95. The van der Waals surface area contributed by atoms with Crippen LogP contribution in [-0.2, 0) is 11.3 Å². The van der Waals surface area contributed by atoms with E-state index in [1.54, 1.807) is 25.1 Å². The normalized spacial score (nSPS) is 18.2. The van der Waals surface area contributed by atoms with Crippen molar-refractivity contribution in [3.63, 3.8) is 0 Å². The third kappa shape index (κ3) is 5.39. The molecular formula is C23H30N5O5+. The molecule has 33 heavy (non-hydrogen) atoms. The van der Waals surface area contributed by atoms with E-state index in [0.717, 1.165) is 10.3 Å². The number of ether oxygens (including phenoxy) is 1. The fourth-order valence-corrected chi connectivity index (χ4v) is 3.86. The summed E-state index contributed by atoms with van der Waals surface area (Å²) in [4.78, 5) is 37.8. The van der Waals surface area contributed by atoms with E-state index in [0.29, 0.717) is 40.4 Å². The van der Waals surface area contributed by atoms with E-state index in [2.05, 4.69) is 11.4 Å². The Kier molecular flexibility index (Phi) is 7.17. The highest BCUT2D eigenvalue weighted by Gasteiger charge is 2.27. The number of aliphatic hydroxyl groups excluding tert-OH is 1. The van der Waals surface area contributed by atoms with E-state index in [4.69, 9.17) is 4.74 Å². The molecule has 0 saturated carbocycles. The van der Waals surface area contributed by atoms with Crippen LogP contribution in [0.1, 0.15) is 47.0 Å². The van der Waals surface area contributed by atoms with Crippen molar-refractivity contribution in [2.75, 3.05) is 27.7 Å². The van der Waals surface area contributed by atoms with Gasteiger partial charge in [-0.2, -0.15) is 5.26 Å². The highest BCUT2D eigenvalue weighted by Crippen LogP contribution is 2.25. The maximum atomic E-state index is 12.8. The topological polar surface area (TPSA) is 126 Å². The van der Waals surface area contributed by atoms with E-state index >= 15 is 0 Å². The Balaban J connectivity index is 1.66. The van der Waals surface area contributed by atoms with Crippen LogP contribution in [0.4, 0.5) is 5.69 Å². The van der Waals surface area contributed by atoms with Crippen LogP contribution >= 0.6 is 0 Å². The fourth-order valence-electron chi connectivity index (χ4n) is 3.86. The first-order chi connectivity index (χ1) is 15.5. The molecule has 10 heteroatoms. The van der Waals surface area contributed by atoms with E-state index in [9.17, 15) is 24.8 Å². The number of aromatic nitrogens is 2. The van der Waals surface area contributed by atoms with Crippen molar-refractivity contribution in [3.8, 4) is 6.07 Å². The highest BCUT2D eigenvalue weighted by atomic mass is 16.6. The molecular weight excluding hydrogens is 426 g/mol. The van der Waals surface area contributed by atoms with Crippen LogP contribution in [0, 0.1) is 18.3 Å². The summed E-state index contributed by atoms with van der Waals surface area (Å²) >= 11 is 0. The van der Waals surface area contributed by atoms with Gasteiger partial charge < -0.3 is 15.2 Å². The molecule has 0 spiro atoms. The number of carbonyl (C=O) groups is 1. The van der Waals surface area contributed by atoms with Gasteiger partial charge in [-0.3, -0.25) is 23.2 Å². The third-order valence-electron chi connectivity index (χ3n) is 5.60. The van der Waals surface area contributed by atoms with Crippen LogP contribution in [-0.4, -0.2) is 54.1 Å². The fraction of sp³-hybridized carbons (Fsp3) is 0.478. The molecule has 1 fully saturated rings. The zero-order valence-corrected chi connectivity index (χ0v) is 19.4. The van der Waals surface area contributed by atoms with Gasteiger partial charge in [0.15, 0.2) is 6.29 Å². The molecule has 1 aromatic carbocycles. The number of hydrogen-bond acceptors (Lipinski definition) is 6. The van der Waals surface area contributed by atoms with E-state index in [1.807, 2.05) is 21.1 Å². The van der Waals surface area contributed by atoms with Crippen LogP contribution in [0.3, 0.4) is 0 Å². The zero-order valence-electron chi connectivity index (χ0n) is 19.4. The van der Waals surface area contributed by atoms with Crippen molar-refractivity contribution in [2.24, 2.45) is 0 Å². The Bertz CT molecular complexity index is 1200. The third-order valence-corrected chi connectivity index (χ3v) is 5.60. The average molecular weight is 457 g/mol. The van der Waals surface area contributed by atoms with Crippen LogP contribution in [0.15, 0.2) is 34.0 Å². The lowest BCUT2D eigenvalue weighted by molar-refractivity contribution is -0.114. The average Bonchev–Trinajstić information content (AvgIpc) is 3.20. The summed E-state index contributed by atoms with van der Waals surface area (Å²) in [5.41, 5.74) is 1.10. The number of aliphatic hydroxyl groups is 1. The number of nitrogens with zero attached hydrogens (tertiary/aromatic N) is 4. The van der Waals surface area contributed by atoms with Crippen LogP contribution in [0.5, 0.6) is 0 Å². The molecule has 0 radical (unpaired) electrons. The van der Waals surface area contributed by atoms with Gasteiger partial charge in [0, 0.05) is 42.9 Å². The van der Waals surface area contributed by atoms with Crippen molar-refractivity contribution >= 4 is 11.6 Å². The first-order valence-corrected chi connectivity index (χ1v) is 10.8. The second-order valence-electron chi connectivity index (χ2n) is 9.05. The Labute approximate surface area is 191 Å². The minimum atomic E-state index is -0.921. The lowest BCUT2D eigenvalue weighted by Crippen LogP contribution is -2.42. The second-order valence-corrected chi connectivity index (χ2v) is 9.05. The van der Waals surface area contributed by atoms with Crippen molar-refractivity contribution in [2.45, 2.75) is 45.2 Å². The number of amides is 1. The first-order valence-electron chi connectivity index (χ1n) is 10.8. The molecule has 1 unspecified atom stereocenters. The molecule has 0 bridgehead atoms. The van der Waals surface area contributed by atoms with Crippen LogP contribution in [0.2, 0.25) is 0 Å². The van der Waals surface area contributed by atoms with Gasteiger partial charge in [-0.15, -0.1) is 0 Å². The lowest BCUT2D eigenvalue weighted by Gasteiger charge is -2.24. The Hall–Kier alpha value is -3.26. The van der Waals surface area contributed by atoms with E-state index < -0.39 is 23.8 Å². The van der Waals surface area contributed by atoms with Gasteiger partial charge >= 0.3 is 5.69 Å². The van der Waals surface area contributed by atoms with Crippen LogP contribution < -0.4 is 21.0 Å². The standard InChI is InChI=1S/C23H29N5O5/c1-15-14-27(19-8-9-20(29)33-19)23(32)26(22(15)31)11-5-10-25-21(30)16-6-7-18(28(2,3)4)17(12-16)13-24/h6-7,12,14,19-20,29H,5,8-11H2,1-4H3/p+1/t19?,20-/m0/s1. The van der Waals surface area contributed by atoms with Gasteiger partial charge in [-0.1, -0.05) is 0 Å². The maximum Gasteiger partial charge on any atom is 0.333 e. The molecule has 2 aromatic rings. The molecule has 3 rings (SSSR count). The number of rotatable bonds is 7. The summed E-state index contributed by atoms with van der Waals surface area (Å²) in [5.74, 6) is -0.332. The Morgan fingerprint density at radius 1 is 1.30 bits per heavy atom. The number of hydrogen-bond donors (Lipinski definition) is 2. The molecule has 1 aromatic heterocycles. The smallest absolute Gasteiger partial charge is 0.333 e. The molecule has 2 atom stereocenters. The summed E-state index contributed by atoms with van der Waals surface area (Å²) in [5, 5.41) is 21.8. The number of nitriles is 1. The minimum absolute atomic E-state index is 0.124. The van der Waals surface area contributed by atoms with E-state index in [1.165, 1.54) is 10.8 Å². The summed E-state index contributed by atoms with van der Waals surface area (Å²) in [6.45, 7) is 1.99. The molecule has 1 amide bonds. The molecule has 2 heterocycles. The van der Waals surface area contributed by atoms with Gasteiger partial charge in [0.2, 0.25) is 0 Å². The first kappa shape index (κ1) is 24.4. The van der Waals surface area contributed by atoms with Crippen molar-refractivity contribution < 1.29 is 14.6 Å². The zero-order chi connectivity index (χ0) is 24.3. The number of aryl methyl sites for hydroxylation is 1. The predicted molar refractivity (Wildman–Crippen MR) is 123 cm³/mol. The number of quaternary nitrogens is 1. The number of nitrogens with one attached hydrogen (secondary N) is 1.